The van der Waals surface area contributed by atoms with Gasteiger partial charge in [0.2, 0.25) is 0 Å². The van der Waals surface area contributed by atoms with Crippen LogP contribution in [0.2, 0.25) is 0 Å². The number of methoxy groups -OCH3 is 1. The molecule has 0 aliphatic carbocycles. The van der Waals surface area contributed by atoms with Gasteiger partial charge in [0.15, 0.2) is 0 Å². The van der Waals surface area contributed by atoms with E-state index in [1.807, 2.05) is 13.0 Å². The molecule has 98 valence electrons. The van der Waals surface area contributed by atoms with Gasteiger partial charge in [-0.25, -0.2) is 4.79 Å². The standard InChI is InChI=1S/C14H18O4/c1-4-11-6-5-7-13(12(11)8-9-17-3)14(16)18-10(2)15/h5-7H,4,8-9H2,1-3H3. The lowest BCUT2D eigenvalue weighted by Gasteiger charge is -2.12. The third kappa shape index (κ3) is 3.67. The van der Waals surface area contributed by atoms with Crippen molar-refractivity contribution in [2.75, 3.05) is 13.7 Å². The van der Waals surface area contributed by atoms with E-state index in [2.05, 4.69) is 4.74 Å². The Morgan fingerprint density at radius 1 is 1.28 bits per heavy atom. The fourth-order valence-corrected chi connectivity index (χ4v) is 1.84. The number of rotatable bonds is 5. The summed E-state index contributed by atoms with van der Waals surface area (Å²) in [5.74, 6) is -1.19. The molecule has 0 bridgehead atoms. The molecule has 0 N–H and O–H groups in total. The molecule has 0 aromatic heterocycles. The van der Waals surface area contributed by atoms with Crippen molar-refractivity contribution < 1.29 is 19.1 Å². The van der Waals surface area contributed by atoms with Crippen molar-refractivity contribution in [2.45, 2.75) is 26.7 Å². The van der Waals surface area contributed by atoms with Crippen LogP contribution < -0.4 is 0 Å². The van der Waals surface area contributed by atoms with E-state index in [0.717, 1.165) is 17.5 Å². The highest BCUT2D eigenvalue weighted by Gasteiger charge is 2.16. The van der Waals surface area contributed by atoms with Crippen LogP contribution in [0.3, 0.4) is 0 Å². The first-order chi connectivity index (χ1) is 8.60. The lowest BCUT2D eigenvalue weighted by molar-refractivity contribution is -0.135. The maximum atomic E-state index is 11.8. The summed E-state index contributed by atoms with van der Waals surface area (Å²) in [6.45, 7) is 3.76. The van der Waals surface area contributed by atoms with Crippen molar-refractivity contribution >= 4 is 11.9 Å². The van der Waals surface area contributed by atoms with Crippen molar-refractivity contribution in [3.05, 3.63) is 34.9 Å². The van der Waals surface area contributed by atoms with Crippen LogP contribution in [-0.4, -0.2) is 25.7 Å². The summed E-state index contributed by atoms with van der Waals surface area (Å²) in [6.07, 6.45) is 1.45. The maximum absolute atomic E-state index is 11.8. The minimum absolute atomic E-state index is 0.446. The zero-order valence-corrected chi connectivity index (χ0v) is 11.0. The molecule has 1 rings (SSSR count). The van der Waals surface area contributed by atoms with Gasteiger partial charge in [0.1, 0.15) is 0 Å². The lowest BCUT2D eigenvalue weighted by Crippen LogP contribution is -2.14. The predicted octanol–water partition coefficient (Wildman–Crippen LogP) is 2.14. The molecule has 0 aliphatic heterocycles. The molecule has 4 nitrogen and oxygen atoms in total. The first-order valence-electron chi connectivity index (χ1n) is 5.92. The second kappa shape index (κ2) is 6.91. The lowest BCUT2D eigenvalue weighted by atomic mass is 9.97. The van der Waals surface area contributed by atoms with Gasteiger partial charge in [-0.05, 0) is 30.0 Å². The second-order valence-corrected chi connectivity index (χ2v) is 3.92. The molecule has 1 aromatic rings. The first kappa shape index (κ1) is 14.4. The van der Waals surface area contributed by atoms with Crippen molar-refractivity contribution in [1.82, 2.24) is 0 Å². The van der Waals surface area contributed by atoms with Crippen LogP contribution in [0, 0.1) is 0 Å². The topological polar surface area (TPSA) is 52.6 Å². The Labute approximate surface area is 107 Å². The molecule has 0 radical (unpaired) electrons. The van der Waals surface area contributed by atoms with Gasteiger partial charge in [-0.15, -0.1) is 0 Å². The quantitative estimate of drug-likeness (QED) is 0.593. The second-order valence-electron chi connectivity index (χ2n) is 3.92. The van der Waals surface area contributed by atoms with Gasteiger partial charge in [-0.3, -0.25) is 4.79 Å². The van der Waals surface area contributed by atoms with E-state index >= 15 is 0 Å². The van der Waals surface area contributed by atoms with E-state index in [0.29, 0.717) is 18.6 Å². The monoisotopic (exact) mass is 250 g/mol. The number of carbonyl (C=O) groups is 2. The molecule has 1 aromatic carbocycles. The predicted molar refractivity (Wildman–Crippen MR) is 67.5 cm³/mol. The van der Waals surface area contributed by atoms with Crippen LogP contribution >= 0.6 is 0 Å². The number of aryl methyl sites for hydroxylation is 1. The van der Waals surface area contributed by atoms with Crippen LogP contribution in [0.25, 0.3) is 0 Å². The Kier molecular flexibility index (Phi) is 5.52. The van der Waals surface area contributed by atoms with E-state index in [1.54, 1.807) is 19.2 Å². The van der Waals surface area contributed by atoms with Crippen molar-refractivity contribution in [3.8, 4) is 0 Å². The molecule has 0 amide bonds. The summed E-state index contributed by atoms with van der Waals surface area (Å²) in [5, 5.41) is 0. The normalized spacial score (nSPS) is 10.2. The van der Waals surface area contributed by atoms with Crippen LogP contribution in [0.4, 0.5) is 0 Å². The van der Waals surface area contributed by atoms with Crippen molar-refractivity contribution in [1.29, 1.82) is 0 Å². The molecule has 0 heterocycles. The van der Waals surface area contributed by atoms with E-state index < -0.39 is 11.9 Å². The molecular weight excluding hydrogens is 232 g/mol. The summed E-state index contributed by atoms with van der Waals surface area (Å²) >= 11 is 0. The number of benzene rings is 1. The van der Waals surface area contributed by atoms with Gasteiger partial charge in [-0.1, -0.05) is 19.1 Å². The Morgan fingerprint density at radius 3 is 2.56 bits per heavy atom. The minimum Gasteiger partial charge on any atom is -0.390 e. The number of ether oxygens (including phenoxy) is 2. The molecule has 18 heavy (non-hydrogen) atoms. The van der Waals surface area contributed by atoms with E-state index in [-0.39, 0.29) is 0 Å². The molecule has 0 saturated carbocycles. The number of esters is 2. The highest BCUT2D eigenvalue weighted by atomic mass is 16.6. The fraction of sp³-hybridized carbons (Fsp3) is 0.429. The molecular formula is C14H18O4. The summed E-state index contributed by atoms with van der Waals surface area (Å²) in [6, 6.07) is 5.44. The van der Waals surface area contributed by atoms with Crippen molar-refractivity contribution in [3.63, 3.8) is 0 Å². The molecule has 0 fully saturated rings. The summed E-state index contributed by atoms with van der Waals surface area (Å²) in [5.41, 5.74) is 2.42. The van der Waals surface area contributed by atoms with E-state index in [4.69, 9.17) is 4.74 Å². The number of carbonyl (C=O) groups excluding carboxylic acids is 2. The summed E-state index contributed by atoms with van der Waals surface area (Å²) < 4.78 is 9.68. The van der Waals surface area contributed by atoms with Gasteiger partial charge in [0, 0.05) is 14.0 Å². The van der Waals surface area contributed by atoms with Crippen molar-refractivity contribution in [2.24, 2.45) is 0 Å². The van der Waals surface area contributed by atoms with Gasteiger partial charge in [0.05, 0.1) is 12.2 Å². The average molecular weight is 250 g/mol. The molecule has 0 unspecified atom stereocenters. The highest BCUT2D eigenvalue weighted by Crippen LogP contribution is 2.18. The molecule has 0 spiro atoms. The SMILES string of the molecule is CCc1cccc(C(=O)OC(C)=O)c1CCOC. The Balaban J connectivity index is 3.08. The Morgan fingerprint density at radius 2 is 2.00 bits per heavy atom. The maximum Gasteiger partial charge on any atom is 0.346 e. The highest BCUT2D eigenvalue weighted by molar-refractivity contribution is 5.97. The third-order valence-corrected chi connectivity index (χ3v) is 2.67. The number of hydrogen-bond donors (Lipinski definition) is 0. The van der Waals surface area contributed by atoms with Crippen LogP contribution in [-0.2, 0) is 27.1 Å². The van der Waals surface area contributed by atoms with Gasteiger partial charge in [-0.2, -0.15) is 0 Å². The molecule has 0 aliphatic rings. The third-order valence-electron chi connectivity index (χ3n) is 2.67. The smallest absolute Gasteiger partial charge is 0.346 e. The molecule has 0 saturated heterocycles. The van der Waals surface area contributed by atoms with Gasteiger partial charge < -0.3 is 9.47 Å². The zero-order chi connectivity index (χ0) is 13.5. The average Bonchev–Trinajstić information content (AvgIpc) is 2.34. The summed E-state index contributed by atoms with van der Waals surface area (Å²) in [7, 11) is 1.61. The van der Waals surface area contributed by atoms with Gasteiger partial charge in [0.25, 0.3) is 0 Å². The molecule has 4 heteroatoms. The van der Waals surface area contributed by atoms with E-state index in [9.17, 15) is 9.59 Å². The summed E-state index contributed by atoms with van der Waals surface area (Å²) in [4.78, 5) is 22.7. The van der Waals surface area contributed by atoms with Crippen LogP contribution in [0.5, 0.6) is 0 Å². The van der Waals surface area contributed by atoms with Gasteiger partial charge >= 0.3 is 11.9 Å². The molecule has 0 atom stereocenters. The minimum atomic E-state index is -0.598. The van der Waals surface area contributed by atoms with Crippen LogP contribution in [0.1, 0.15) is 35.3 Å². The Bertz CT molecular complexity index is 437. The Hall–Kier alpha value is -1.68. The fourth-order valence-electron chi connectivity index (χ4n) is 1.84. The zero-order valence-electron chi connectivity index (χ0n) is 11.0. The van der Waals surface area contributed by atoms with E-state index in [1.165, 1.54) is 6.92 Å². The van der Waals surface area contributed by atoms with Crippen LogP contribution in [0.15, 0.2) is 18.2 Å². The largest absolute Gasteiger partial charge is 0.390 e. The first-order valence-corrected chi connectivity index (χ1v) is 5.92. The number of hydrogen-bond acceptors (Lipinski definition) is 4.